The van der Waals surface area contributed by atoms with E-state index in [1.54, 1.807) is 30.5 Å². The number of hydrogen-bond donors (Lipinski definition) is 2. The second kappa shape index (κ2) is 6.46. The Morgan fingerprint density at radius 1 is 1.26 bits per heavy atom. The Labute approximate surface area is 133 Å². The maximum absolute atomic E-state index is 12.3. The van der Waals surface area contributed by atoms with Crippen LogP contribution in [0.3, 0.4) is 0 Å². The zero-order valence-electron chi connectivity index (χ0n) is 12.6. The second-order valence-corrected chi connectivity index (χ2v) is 5.15. The van der Waals surface area contributed by atoms with Gasteiger partial charge < -0.3 is 14.8 Å². The lowest BCUT2D eigenvalue weighted by Crippen LogP contribution is -2.12. The number of hydrogen-bond acceptors (Lipinski definition) is 4. The van der Waals surface area contributed by atoms with E-state index in [-0.39, 0.29) is 12.5 Å². The number of aliphatic hydroxyl groups is 1. The van der Waals surface area contributed by atoms with Gasteiger partial charge in [0.1, 0.15) is 18.1 Å². The highest BCUT2D eigenvalue weighted by molar-refractivity contribution is 6.04. The van der Waals surface area contributed by atoms with Crippen LogP contribution in [0.4, 0.5) is 5.69 Å². The van der Waals surface area contributed by atoms with Gasteiger partial charge >= 0.3 is 0 Å². The SMILES string of the molecule is Cc1ccc(-c2ccc(CO)o2)cc1NC(=O)c1cccnc1. The smallest absolute Gasteiger partial charge is 0.257 e. The number of aliphatic hydroxyl groups excluding tert-OH is 1. The third kappa shape index (κ3) is 3.30. The molecule has 0 aliphatic heterocycles. The van der Waals surface area contributed by atoms with Gasteiger partial charge in [0.15, 0.2) is 0 Å². The third-order valence-electron chi connectivity index (χ3n) is 3.51. The van der Waals surface area contributed by atoms with Crippen LogP contribution in [0.15, 0.2) is 59.3 Å². The molecule has 0 aliphatic carbocycles. The normalized spacial score (nSPS) is 10.5. The van der Waals surface area contributed by atoms with Gasteiger partial charge in [-0.25, -0.2) is 0 Å². The van der Waals surface area contributed by atoms with E-state index in [1.165, 1.54) is 6.20 Å². The molecule has 2 N–H and O–H groups in total. The highest BCUT2D eigenvalue weighted by Gasteiger charge is 2.10. The molecule has 2 aromatic heterocycles. The first-order valence-electron chi connectivity index (χ1n) is 7.19. The monoisotopic (exact) mass is 308 g/mol. The molecule has 1 aromatic carbocycles. The van der Waals surface area contributed by atoms with E-state index in [4.69, 9.17) is 9.52 Å². The van der Waals surface area contributed by atoms with E-state index in [2.05, 4.69) is 10.3 Å². The lowest BCUT2D eigenvalue weighted by Gasteiger charge is -2.10. The number of carbonyl (C=O) groups is 1. The summed E-state index contributed by atoms with van der Waals surface area (Å²) in [6.45, 7) is 1.78. The van der Waals surface area contributed by atoms with Crippen molar-refractivity contribution in [3.8, 4) is 11.3 Å². The topological polar surface area (TPSA) is 75.4 Å². The summed E-state index contributed by atoms with van der Waals surface area (Å²) in [7, 11) is 0. The van der Waals surface area contributed by atoms with Crippen molar-refractivity contribution in [2.24, 2.45) is 0 Å². The maximum Gasteiger partial charge on any atom is 0.257 e. The summed E-state index contributed by atoms with van der Waals surface area (Å²) >= 11 is 0. The van der Waals surface area contributed by atoms with E-state index in [0.717, 1.165) is 11.1 Å². The molecule has 0 unspecified atom stereocenters. The molecule has 5 nitrogen and oxygen atoms in total. The standard InChI is InChI=1S/C18H16N2O3/c1-12-4-5-13(17-7-6-15(11-21)23-17)9-16(12)20-18(22)14-3-2-8-19-10-14/h2-10,21H,11H2,1H3,(H,20,22). The van der Waals surface area contributed by atoms with Gasteiger partial charge in [-0.2, -0.15) is 0 Å². The summed E-state index contributed by atoms with van der Waals surface area (Å²) in [5.41, 5.74) is 2.98. The average molecular weight is 308 g/mol. The lowest BCUT2D eigenvalue weighted by atomic mass is 10.1. The Bertz CT molecular complexity index is 825. The zero-order chi connectivity index (χ0) is 16.2. The number of pyridine rings is 1. The molecule has 0 spiro atoms. The van der Waals surface area contributed by atoms with Crippen molar-refractivity contribution in [3.63, 3.8) is 0 Å². The summed E-state index contributed by atoms with van der Waals surface area (Å²) in [4.78, 5) is 16.2. The molecule has 0 radical (unpaired) electrons. The summed E-state index contributed by atoms with van der Waals surface area (Å²) in [5.74, 6) is 0.932. The summed E-state index contributed by atoms with van der Waals surface area (Å²) in [6.07, 6.45) is 3.15. The van der Waals surface area contributed by atoms with Crippen LogP contribution in [-0.4, -0.2) is 16.0 Å². The number of furan rings is 1. The molecule has 0 atom stereocenters. The van der Waals surface area contributed by atoms with Crippen LogP contribution in [0.1, 0.15) is 21.7 Å². The highest BCUT2D eigenvalue weighted by atomic mass is 16.4. The molecule has 2 heterocycles. The van der Waals surface area contributed by atoms with Crippen LogP contribution < -0.4 is 5.32 Å². The van der Waals surface area contributed by atoms with Gasteiger partial charge in [-0.3, -0.25) is 9.78 Å². The number of anilines is 1. The van der Waals surface area contributed by atoms with E-state index in [0.29, 0.717) is 22.8 Å². The van der Waals surface area contributed by atoms with Crippen molar-refractivity contribution in [2.45, 2.75) is 13.5 Å². The van der Waals surface area contributed by atoms with E-state index >= 15 is 0 Å². The molecule has 0 saturated heterocycles. The molecule has 0 fully saturated rings. The number of nitrogens with one attached hydrogen (secondary N) is 1. The van der Waals surface area contributed by atoms with Crippen LogP contribution >= 0.6 is 0 Å². The van der Waals surface area contributed by atoms with Crippen LogP contribution in [0.2, 0.25) is 0 Å². The van der Waals surface area contributed by atoms with Crippen molar-refractivity contribution in [2.75, 3.05) is 5.32 Å². The van der Waals surface area contributed by atoms with Crippen molar-refractivity contribution >= 4 is 11.6 Å². The van der Waals surface area contributed by atoms with Crippen molar-refractivity contribution in [1.29, 1.82) is 0 Å². The minimum atomic E-state index is -0.214. The molecule has 0 aliphatic rings. The van der Waals surface area contributed by atoms with E-state index in [9.17, 15) is 4.79 Å². The lowest BCUT2D eigenvalue weighted by molar-refractivity contribution is 0.102. The molecule has 3 aromatic rings. The van der Waals surface area contributed by atoms with Gasteiger partial charge in [-0.1, -0.05) is 12.1 Å². The second-order valence-electron chi connectivity index (χ2n) is 5.15. The van der Waals surface area contributed by atoms with Gasteiger partial charge in [-0.05, 0) is 42.8 Å². The first-order valence-corrected chi connectivity index (χ1v) is 7.19. The number of carbonyl (C=O) groups excluding carboxylic acids is 1. The summed E-state index contributed by atoms with van der Waals surface area (Å²) in [5, 5.41) is 12.0. The first-order chi connectivity index (χ1) is 11.2. The highest BCUT2D eigenvalue weighted by Crippen LogP contribution is 2.27. The quantitative estimate of drug-likeness (QED) is 0.774. The fourth-order valence-corrected chi connectivity index (χ4v) is 2.22. The third-order valence-corrected chi connectivity index (χ3v) is 3.51. The molecule has 5 heteroatoms. The number of nitrogens with zero attached hydrogens (tertiary/aromatic N) is 1. The van der Waals surface area contributed by atoms with Gasteiger partial charge in [-0.15, -0.1) is 0 Å². The van der Waals surface area contributed by atoms with Crippen LogP contribution in [0.25, 0.3) is 11.3 Å². The Morgan fingerprint density at radius 3 is 2.83 bits per heavy atom. The average Bonchev–Trinajstić information content (AvgIpc) is 3.07. The Kier molecular flexibility index (Phi) is 4.21. The maximum atomic E-state index is 12.3. The minimum Gasteiger partial charge on any atom is -0.459 e. The van der Waals surface area contributed by atoms with Crippen molar-refractivity contribution < 1.29 is 14.3 Å². The predicted octanol–water partition coefficient (Wildman–Crippen LogP) is 3.39. The number of benzene rings is 1. The first kappa shape index (κ1) is 15.0. The van der Waals surface area contributed by atoms with Crippen LogP contribution in [0, 0.1) is 6.92 Å². The van der Waals surface area contributed by atoms with Crippen molar-refractivity contribution in [1.82, 2.24) is 4.98 Å². The number of aromatic nitrogens is 1. The largest absolute Gasteiger partial charge is 0.459 e. The van der Waals surface area contributed by atoms with Gasteiger partial charge in [0.25, 0.3) is 5.91 Å². The Balaban J connectivity index is 1.87. The molecule has 0 bridgehead atoms. The van der Waals surface area contributed by atoms with Crippen molar-refractivity contribution in [3.05, 3.63) is 71.7 Å². The fourth-order valence-electron chi connectivity index (χ4n) is 2.22. The molecular weight excluding hydrogens is 292 g/mol. The molecule has 0 saturated carbocycles. The Hall–Kier alpha value is -2.92. The minimum absolute atomic E-state index is 0.142. The van der Waals surface area contributed by atoms with Gasteiger partial charge in [0.2, 0.25) is 0 Å². The summed E-state index contributed by atoms with van der Waals surface area (Å²) in [6, 6.07) is 12.6. The molecule has 3 rings (SSSR count). The van der Waals surface area contributed by atoms with Crippen LogP contribution in [0.5, 0.6) is 0 Å². The van der Waals surface area contributed by atoms with E-state index in [1.807, 2.05) is 25.1 Å². The number of amides is 1. The zero-order valence-corrected chi connectivity index (χ0v) is 12.6. The van der Waals surface area contributed by atoms with Gasteiger partial charge in [0.05, 0.1) is 5.56 Å². The van der Waals surface area contributed by atoms with Crippen LogP contribution in [-0.2, 0) is 6.61 Å². The summed E-state index contributed by atoms with van der Waals surface area (Å²) < 4.78 is 5.53. The molecule has 23 heavy (non-hydrogen) atoms. The number of aryl methyl sites for hydroxylation is 1. The molecule has 1 amide bonds. The molecule has 116 valence electrons. The van der Waals surface area contributed by atoms with E-state index < -0.39 is 0 Å². The fraction of sp³-hybridized carbons (Fsp3) is 0.111. The predicted molar refractivity (Wildman–Crippen MR) is 87.0 cm³/mol. The number of rotatable bonds is 4. The Morgan fingerprint density at radius 2 is 2.13 bits per heavy atom. The van der Waals surface area contributed by atoms with Gasteiger partial charge in [0, 0.05) is 23.6 Å². The molecular formula is C18H16N2O3.